The summed E-state index contributed by atoms with van der Waals surface area (Å²) in [6.45, 7) is 7.51. The van der Waals surface area contributed by atoms with E-state index >= 15 is 0 Å². The number of carbonyl (C=O) groups is 2. The van der Waals surface area contributed by atoms with E-state index < -0.39 is 5.97 Å². The summed E-state index contributed by atoms with van der Waals surface area (Å²) in [4.78, 5) is 21.5. The summed E-state index contributed by atoms with van der Waals surface area (Å²) in [6, 6.07) is 0. The van der Waals surface area contributed by atoms with Crippen LogP contribution < -0.4 is 0 Å². The van der Waals surface area contributed by atoms with Crippen molar-refractivity contribution in [1.29, 1.82) is 0 Å². The van der Waals surface area contributed by atoms with Gasteiger partial charge in [0.15, 0.2) is 0 Å². The van der Waals surface area contributed by atoms with Gasteiger partial charge in [0, 0.05) is 5.92 Å². The fourth-order valence-electron chi connectivity index (χ4n) is 2.08. The van der Waals surface area contributed by atoms with Crippen LogP contribution >= 0.6 is 0 Å². The molecule has 0 aliphatic heterocycles. The molecule has 0 rings (SSSR count). The van der Waals surface area contributed by atoms with Crippen LogP contribution in [0.15, 0.2) is 0 Å². The van der Waals surface area contributed by atoms with Gasteiger partial charge in [-0.2, -0.15) is 0 Å². The van der Waals surface area contributed by atoms with E-state index in [1.54, 1.807) is 0 Å². The molecule has 3 nitrogen and oxygen atoms in total. The molecular weight excluding hydrogens is 180 g/mol. The number of rotatable bonds is 6. The minimum Gasteiger partial charge on any atom is -0.481 e. The summed E-state index contributed by atoms with van der Waals surface area (Å²) in [5, 5.41) is 9.01. The molecule has 0 saturated carbocycles. The molecule has 0 aromatic heterocycles. The molecule has 0 aromatic carbocycles. The van der Waals surface area contributed by atoms with Crippen molar-refractivity contribution in [2.24, 2.45) is 17.3 Å². The Kier molecular flexibility index (Phi) is 4.81. The molecule has 0 aliphatic carbocycles. The molecule has 1 N–H and O–H groups in total. The van der Waals surface area contributed by atoms with Crippen LogP contribution in [-0.4, -0.2) is 17.4 Å². The second-order valence-corrected chi connectivity index (χ2v) is 4.61. The zero-order chi connectivity index (χ0) is 11.4. The standard InChI is InChI=1S/C11H20O3/c1-5-9(10(13)14)11(3,4)6-8(2)7-12/h7-9H,5-6H2,1-4H3,(H,13,14). The molecule has 0 aliphatic rings. The number of hydrogen-bond acceptors (Lipinski definition) is 2. The highest BCUT2D eigenvalue weighted by molar-refractivity contribution is 5.71. The second-order valence-electron chi connectivity index (χ2n) is 4.61. The minimum atomic E-state index is -0.768. The first-order chi connectivity index (χ1) is 6.35. The fraction of sp³-hybridized carbons (Fsp3) is 0.818. The monoisotopic (exact) mass is 200 g/mol. The molecule has 82 valence electrons. The highest BCUT2D eigenvalue weighted by atomic mass is 16.4. The molecule has 0 aromatic rings. The predicted molar refractivity (Wildman–Crippen MR) is 55.0 cm³/mol. The summed E-state index contributed by atoms with van der Waals surface area (Å²) in [5.41, 5.74) is -0.319. The van der Waals surface area contributed by atoms with Gasteiger partial charge < -0.3 is 9.90 Å². The Morgan fingerprint density at radius 2 is 2.00 bits per heavy atom. The van der Waals surface area contributed by atoms with Crippen molar-refractivity contribution in [3.05, 3.63) is 0 Å². The Morgan fingerprint density at radius 3 is 2.29 bits per heavy atom. The van der Waals surface area contributed by atoms with Gasteiger partial charge in [-0.05, 0) is 18.3 Å². The van der Waals surface area contributed by atoms with E-state index in [-0.39, 0.29) is 17.3 Å². The maximum atomic E-state index is 11.0. The zero-order valence-corrected chi connectivity index (χ0v) is 9.41. The van der Waals surface area contributed by atoms with Gasteiger partial charge >= 0.3 is 5.97 Å². The van der Waals surface area contributed by atoms with E-state index in [2.05, 4.69) is 0 Å². The van der Waals surface area contributed by atoms with Crippen molar-refractivity contribution >= 4 is 12.3 Å². The first-order valence-electron chi connectivity index (χ1n) is 5.03. The summed E-state index contributed by atoms with van der Waals surface area (Å²) in [6.07, 6.45) is 2.12. The van der Waals surface area contributed by atoms with Gasteiger partial charge in [-0.15, -0.1) is 0 Å². The minimum absolute atomic E-state index is 0.0709. The normalized spacial score (nSPS) is 16.0. The maximum absolute atomic E-state index is 11.0. The summed E-state index contributed by atoms with van der Waals surface area (Å²) < 4.78 is 0. The van der Waals surface area contributed by atoms with Crippen molar-refractivity contribution in [3.63, 3.8) is 0 Å². The lowest BCUT2D eigenvalue weighted by Crippen LogP contribution is -2.32. The van der Waals surface area contributed by atoms with Crippen molar-refractivity contribution in [1.82, 2.24) is 0 Å². The summed E-state index contributed by atoms with van der Waals surface area (Å²) >= 11 is 0. The van der Waals surface area contributed by atoms with Gasteiger partial charge in [0.05, 0.1) is 5.92 Å². The van der Waals surface area contributed by atoms with Gasteiger partial charge in [-0.3, -0.25) is 4.79 Å². The molecule has 14 heavy (non-hydrogen) atoms. The van der Waals surface area contributed by atoms with Crippen LogP contribution in [0, 0.1) is 17.3 Å². The Labute approximate surface area is 85.5 Å². The van der Waals surface area contributed by atoms with Crippen molar-refractivity contribution in [3.8, 4) is 0 Å². The van der Waals surface area contributed by atoms with Crippen LogP contribution in [0.3, 0.4) is 0 Å². The van der Waals surface area contributed by atoms with Gasteiger partial charge in [0.25, 0.3) is 0 Å². The largest absolute Gasteiger partial charge is 0.481 e. The quantitative estimate of drug-likeness (QED) is 0.669. The van der Waals surface area contributed by atoms with E-state index in [9.17, 15) is 9.59 Å². The molecule has 0 heterocycles. The van der Waals surface area contributed by atoms with E-state index in [1.165, 1.54) is 0 Å². The summed E-state index contributed by atoms with van der Waals surface area (Å²) in [5.74, 6) is -1.21. The van der Waals surface area contributed by atoms with Crippen molar-refractivity contribution < 1.29 is 14.7 Å². The molecule has 0 amide bonds. The Morgan fingerprint density at radius 1 is 1.50 bits per heavy atom. The molecule has 3 heteroatoms. The van der Waals surface area contributed by atoms with Crippen molar-refractivity contribution in [2.75, 3.05) is 0 Å². The van der Waals surface area contributed by atoms with Crippen molar-refractivity contribution in [2.45, 2.75) is 40.5 Å². The third-order valence-electron chi connectivity index (χ3n) is 2.73. The average molecular weight is 200 g/mol. The van der Waals surface area contributed by atoms with E-state index in [4.69, 9.17) is 5.11 Å². The maximum Gasteiger partial charge on any atom is 0.307 e. The van der Waals surface area contributed by atoms with E-state index in [1.807, 2.05) is 27.7 Å². The molecule has 2 unspecified atom stereocenters. The van der Waals surface area contributed by atoms with E-state index in [0.717, 1.165) is 6.29 Å². The van der Waals surface area contributed by atoms with Gasteiger partial charge in [-0.1, -0.05) is 27.7 Å². The van der Waals surface area contributed by atoms with Crippen LogP contribution in [0.1, 0.15) is 40.5 Å². The SMILES string of the molecule is CCC(C(=O)O)C(C)(C)CC(C)C=O. The fourth-order valence-corrected chi connectivity index (χ4v) is 2.08. The van der Waals surface area contributed by atoms with Crippen LogP contribution in [0.4, 0.5) is 0 Å². The number of carboxylic acids is 1. The number of aliphatic carboxylic acids is 1. The van der Waals surface area contributed by atoms with Crippen LogP contribution in [0.2, 0.25) is 0 Å². The lowest BCUT2D eigenvalue weighted by atomic mass is 9.72. The Balaban J connectivity index is 4.55. The van der Waals surface area contributed by atoms with E-state index in [0.29, 0.717) is 12.8 Å². The molecule has 0 saturated heterocycles. The molecule has 0 radical (unpaired) electrons. The Bertz CT molecular complexity index is 209. The molecule has 0 fully saturated rings. The first-order valence-corrected chi connectivity index (χ1v) is 5.03. The molecule has 0 spiro atoms. The van der Waals surface area contributed by atoms with Gasteiger partial charge in [0.2, 0.25) is 0 Å². The lowest BCUT2D eigenvalue weighted by Gasteiger charge is -2.32. The number of carboxylic acid groups (broad SMARTS) is 1. The smallest absolute Gasteiger partial charge is 0.307 e. The first kappa shape index (κ1) is 13.1. The Hall–Kier alpha value is -0.860. The highest BCUT2D eigenvalue weighted by Gasteiger charge is 2.34. The van der Waals surface area contributed by atoms with Crippen LogP contribution in [-0.2, 0) is 9.59 Å². The van der Waals surface area contributed by atoms with Crippen LogP contribution in [0.5, 0.6) is 0 Å². The topological polar surface area (TPSA) is 54.4 Å². The predicted octanol–water partition coefficient (Wildman–Crippen LogP) is 2.35. The van der Waals surface area contributed by atoms with Gasteiger partial charge in [0.1, 0.15) is 6.29 Å². The zero-order valence-electron chi connectivity index (χ0n) is 9.41. The number of aldehydes is 1. The van der Waals surface area contributed by atoms with Crippen LogP contribution in [0.25, 0.3) is 0 Å². The molecular formula is C11H20O3. The molecule has 2 atom stereocenters. The third kappa shape index (κ3) is 3.48. The second kappa shape index (κ2) is 5.13. The molecule has 0 bridgehead atoms. The highest BCUT2D eigenvalue weighted by Crippen LogP contribution is 2.35. The lowest BCUT2D eigenvalue weighted by molar-refractivity contribution is -0.146. The number of hydrogen-bond donors (Lipinski definition) is 1. The average Bonchev–Trinajstić information content (AvgIpc) is 2.02. The third-order valence-corrected chi connectivity index (χ3v) is 2.73. The van der Waals surface area contributed by atoms with Gasteiger partial charge in [-0.25, -0.2) is 0 Å². The number of carbonyl (C=O) groups excluding carboxylic acids is 1. The summed E-state index contributed by atoms with van der Waals surface area (Å²) in [7, 11) is 0.